The Kier molecular flexibility index (Phi) is 7.68. The number of aromatic carboxylic acids is 1. The van der Waals surface area contributed by atoms with Crippen LogP contribution in [0.4, 0.5) is 5.69 Å². The highest BCUT2D eigenvalue weighted by Gasteiger charge is 2.12. The van der Waals surface area contributed by atoms with Gasteiger partial charge in [0.2, 0.25) is 0 Å². The zero-order valence-electron chi connectivity index (χ0n) is 17.5. The summed E-state index contributed by atoms with van der Waals surface area (Å²) < 4.78 is 10.9. The second-order valence-corrected chi connectivity index (χ2v) is 7.26. The van der Waals surface area contributed by atoms with Crippen LogP contribution in [-0.2, 0) is 11.4 Å². The summed E-state index contributed by atoms with van der Waals surface area (Å²) in [6, 6.07) is 19.7. The predicted octanol–water partition coefficient (Wildman–Crippen LogP) is 5.17. The molecule has 0 spiro atoms. The van der Waals surface area contributed by atoms with Crippen LogP contribution >= 0.6 is 11.6 Å². The maximum Gasteiger partial charge on any atom is 0.335 e. The van der Waals surface area contributed by atoms with Crippen molar-refractivity contribution in [3.63, 3.8) is 0 Å². The van der Waals surface area contributed by atoms with E-state index in [4.69, 9.17) is 26.2 Å². The maximum atomic E-state index is 12.6. The van der Waals surface area contributed by atoms with E-state index in [0.29, 0.717) is 27.8 Å². The fourth-order valence-corrected chi connectivity index (χ4v) is 3.03. The van der Waals surface area contributed by atoms with Crippen LogP contribution in [0.2, 0.25) is 5.02 Å². The standard InChI is InChI=1S/C25H19ClN2O5/c1-32-22-9-7-21(8-10-22)28-24(29)19(14-27)12-18-13-20(26)6-11-23(18)33-15-16-2-4-17(5-3-16)25(30)31/h2-13H,15H2,1H3,(H,28,29)(H,30,31)/b19-12+. The van der Waals surface area contributed by atoms with Gasteiger partial charge >= 0.3 is 5.97 Å². The summed E-state index contributed by atoms with van der Waals surface area (Å²) in [5.74, 6) is -0.545. The molecule has 8 heteroatoms. The van der Waals surface area contributed by atoms with E-state index in [-0.39, 0.29) is 17.7 Å². The van der Waals surface area contributed by atoms with Crippen molar-refractivity contribution in [2.24, 2.45) is 0 Å². The van der Waals surface area contributed by atoms with Gasteiger partial charge in [0.15, 0.2) is 0 Å². The number of ether oxygens (including phenoxy) is 2. The number of halogens is 1. The van der Waals surface area contributed by atoms with E-state index in [2.05, 4.69) is 5.32 Å². The van der Waals surface area contributed by atoms with Crippen molar-refractivity contribution in [2.75, 3.05) is 12.4 Å². The Hall–Kier alpha value is -4.28. The van der Waals surface area contributed by atoms with Crippen LogP contribution in [0.25, 0.3) is 6.08 Å². The number of nitriles is 1. The zero-order chi connectivity index (χ0) is 23.8. The van der Waals surface area contributed by atoms with E-state index in [1.54, 1.807) is 61.7 Å². The largest absolute Gasteiger partial charge is 0.497 e. The predicted molar refractivity (Wildman–Crippen MR) is 124 cm³/mol. The third kappa shape index (κ3) is 6.35. The first-order chi connectivity index (χ1) is 15.9. The number of carbonyl (C=O) groups excluding carboxylic acids is 1. The minimum Gasteiger partial charge on any atom is -0.497 e. The molecule has 0 radical (unpaired) electrons. The summed E-state index contributed by atoms with van der Waals surface area (Å²) in [5, 5.41) is 21.6. The molecule has 7 nitrogen and oxygen atoms in total. The molecule has 3 rings (SSSR count). The van der Waals surface area contributed by atoms with Gasteiger partial charge in [0, 0.05) is 16.3 Å². The van der Waals surface area contributed by atoms with Crippen molar-refractivity contribution in [1.29, 1.82) is 5.26 Å². The SMILES string of the molecule is COc1ccc(NC(=O)/C(C#N)=C/c2cc(Cl)ccc2OCc2ccc(C(=O)O)cc2)cc1. The Morgan fingerprint density at radius 1 is 1.09 bits per heavy atom. The lowest BCUT2D eigenvalue weighted by Gasteiger charge is -2.11. The van der Waals surface area contributed by atoms with Crippen molar-refractivity contribution in [1.82, 2.24) is 0 Å². The van der Waals surface area contributed by atoms with Crippen LogP contribution in [0.5, 0.6) is 11.5 Å². The number of hydrogen-bond acceptors (Lipinski definition) is 5. The molecule has 0 heterocycles. The van der Waals surface area contributed by atoms with Crippen LogP contribution in [0.1, 0.15) is 21.5 Å². The van der Waals surface area contributed by atoms with Gasteiger partial charge in [-0.1, -0.05) is 23.7 Å². The Morgan fingerprint density at radius 3 is 2.39 bits per heavy atom. The molecule has 166 valence electrons. The van der Waals surface area contributed by atoms with Gasteiger partial charge in [-0.2, -0.15) is 5.26 Å². The molecule has 0 aliphatic heterocycles. The van der Waals surface area contributed by atoms with Crippen LogP contribution < -0.4 is 14.8 Å². The Labute approximate surface area is 195 Å². The lowest BCUT2D eigenvalue weighted by Crippen LogP contribution is -2.13. The Bertz CT molecular complexity index is 1230. The van der Waals surface area contributed by atoms with E-state index < -0.39 is 11.9 Å². The second-order valence-electron chi connectivity index (χ2n) is 6.83. The molecular weight excluding hydrogens is 444 g/mol. The molecule has 3 aromatic rings. The number of rotatable bonds is 8. The molecule has 3 aromatic carbocycles. The summed E-state index contributed by atoms with van der Waals surface area (Å²) in [5.41, 5.74) is 1.75. The second kappa shape index (κ2) is 10.8. The van der Waals surface area contributed by atoms with Gasteiger partial charge in [-0.15, -0.1) is 0 Å². The maximum absolute atomic E-state index is 12.6. The van der Waals surface area contributed by atoms with Gasteiger partial charge in [0.05, 0.1) is 12.7 Å². The highest BCUT2D eigenvalue weighted by Crippen LogP contribution is 2.27. The number of nitrogens with one attached hydrogen (secondary N) is 1. The quantitative estimate of drug-likeness (QED) is 0.353. The minimum absolute atomic E-state index is 0.135. The molecule has 33 heavy (non-hydrogen) atoms. The van der Waals surface area contributed by atoms with Crippen LogP contribution in [0.15, 0.2) is 72.3 Å². The number of amides is 1. The summed E-state index contributed by atoms with van der Waals surface area (Å²) >= 11 is 6.11. The first kappa shape index (κ1) is 23.4. The molecule has 0 fully saturated rings. The monoisotopic (exact) mass is 462 g/mol. The number of anilines is 1. The van der Waals surface area contributed by atoms with E-state index in [9.17, 15) is 14.9 Å². The summed E-state index contributed by atoms with van der Waals surface area (Å²) in [6.07, 6.45) is 1.40. The van der Waals surface area contributed by atoms with E-state index in [0.717, 1.165) is 5.56 Å². The molecule has 0 atom stereocenters. The molecular formula is C25H19ClN2O5. The number of nitrogens with zero attached hydrogens (tertiary/aromatic N) is 1. The molecule has 0 aromatic heterocycles. The summed E-state index contributed by atoms with van der Waals surface area (Å²) in [4.78, 5) is 23.6. The third-order valence-electron chi connectivity index (χ3n) is 4.58. The number of carbonyl (C=O) groups is 2. The van der Waals surface area contributed by atoms with Gasteiger partial charge in [-0.25, -0.2) is 4.79 Å². The van der Waals surface area contributed by atoms with E-state index in [1.807, 2.05) is 6.07 Å². The molecule has 0 saturated heterocycles. The van der Waals surface area contributed by atoms with Crippen molar-refractivity contribution < 1.29 is 24.2 Å². The number of hydrogen-bond donors (Lipinski definition) is 2. The zero-order valence-corrected chi connectivity index (χ0v) is 18.3. The average Bonchev–Trinajstić information content (AvgIpc) is 2.82. The smallest absolute Gasteiger partial charge is 0.335 e. The van der Waals surface area contributed by atoms with Crippen molar-refractivity contribution in [3.8, 4) is 17.6 Å². The Morgan fingerprint density at radius 2 is 1.79 bits per heavy atom. The van der Waals surface area contributed by atoms with Crippen LogP contribution in [0.3, 0.4) is 0 Å². The third-order valence-corrected chi connectivity index (χ3v) is 4.81. The van der Waals surface area contributed by atoms with Crippen molar-refractivity contribution >= 4 is 35.2 Å². The van der Waals surface area contributed by atoms with Gasteiger partial charge in [-0.3, -0.25) is 4.79 Å². The number of benzene rings is 3. The molecule has 2 N–H and O–H groups in total. The fraction of sp³-hybridized carbons (Fsp3) is 0.0800. The van der Waals surface area contributed by atoms with Gasteiger partial charge in [0.1, 0.15) is 29.7 Å². The van der Waals surface area contributed by atoms with Crippen molar-refractivity contribution in [3.05, 3.63) is 94.0 Å². The Balaban J connectivity index is 1.78. The highest BCUT2D eigenvalue weighted by atomic mass is 35.5. The normalized spacial score (nSPS) is 10.8. The summed E-state index contributed by atoms with van der Waals surface area (Å²) in [7, 11) is 1.54. The topological polar surface area (TPSA) is 109 Å². The highest BCUT2D eigenvalue weighted by molar-refractivity contribution is 6.30. The lowest BCUT2D eigenvalue weighted by molar-refractivity contribution is -0.112. The fourth-order valence-electron chi connectivity index (χ4n) is 2.85. The molecule has 0 aliphatic carbocycles. The first-order valence-electron chi connectivity index (χ1n) is 9.71. The minimum atomic E-state index is -1.01. The van der Waals surface area contributed by atoms with E-state index >= 15 is 0 Å². The van der Waals surface area contributed by atoms with Crippen molar-refractivity contribution in [2.45, 2.75) is 6.61 Å². The lowest BCUT2D eigenvalue weighted by atomic mass is 10.1. The van der Waals surface area contributed by atoms with Crippen LogP contribution in [-0.4, -0.2) is 24.1 Å². The average molecular weight is 463 g/mol. The molecule has 0 unspecified atom stereocenters. The van der Waals surface area contributed by atoms with Crippen LogP contribution in [0, 0.1) is 11.3 Å². The number of carboxylic acid groups (broad SMARTS) is 1. The van der Waals surface area contributed by atoms with Gasteiger partial charge in [-0.05, 0) is 66.2 Å². The molecule has 0 bridgehead atoms. The molecule has 0 saturated carbocycles. The number of methoxy groups -OCH3 is 1. The molecule has 0 aliphatic rings. The van der Waals surface area contributed by atoms with Gasteiger partial charge < -0.3 is 19.9 Å². The summed E-state index contributed by atoms with van der Waals surface area (Å²) in [6.45, 7) is 0.155. The van der Waals surface area contributed by atoms with E-state index in [1.165, 1.54) is 18.2 Å². The molecule has 1 amide bonds. The van der Waals surface area contributed by atoms with Gasteiger partial charge in [0.25, 0.3) is 5.91 Å². The number of carboxylic acids is 1. The first-order valence-corrected chi connectivity index (χ1v) is 10.1.